The summed E-state index contributed by atoms with van der Waals surface area (Å²) in [5.41, 5.74) is 0.210. The zero-order chi connectivity index (χ0) is 21.0. The number of nitrogens with zero attached hydrogens (tertiary/aromatic N) is 2. The summed E-state index contributed by atoms with van der Waals surface area (Å²) in [7, 11) is 0. The van der Waals surface area contributed by atoms with Crippen LogP contribution in [0.15, 0.2) is 42.5 Å². The molecule has 8 heteroatoms. The summed E-state index contributed by atoms with van der Waals surface area (Å²) in [5.74, 6) is -0.230. The SMILES string of the molecule is CC(Oc1ccc(Cl)cc1)C(=O)N1CCCN(C(=O)c2cc(O)cc(O)c2)CC1. The third-order valence-electron chi connectivity index (χ3n) is 4.72. The summed E-state index contributed by atoms with van der Waals surface area (Å²) in [5, 5.41) is 19.8. The third kappa shape index (κ3) is 5.32. The number of carbonyl (C=O) groups excluding carboxylic acids is 2. The Morgan fingerprint density at radius 1 is 0.966 bits per heavy atom. The van der Waals surface area contributed by atoms with Crippen molar-refractivity contribution in [3.05, 3.63) is 53.1 Å². The lowest BCUT2D eigenvalue weighted by Gasteiger charge is -2.25. The van der Waals surface area contributed by atoms with Crippen LogP contribution in [-0.4, -0.2) is 64.1 Å². The average Bonchev–Trinajstić information content (AvgIpc) is 2.94. The number of phenolic OH excluding ortho intramolecular Hbond substituents is 2. The predicted molar refractivity (Wildman–Crippen MR) is 108 cm³/mol. The second-order valence-corrected chi connectivity index (χ2v) is 7.36. The van der Waals surface area contributed by atoms with E-state index in [0.29, 0.717) is 43.4 Å². The summed E-state index contributed by atoms with van der Waals surface area (Å²) < 4.78 is 5.71. The smallest absolute Gasteiger partial charge is 0.263 e. The molecule has 2 aromatic rings. The van der Waals surface area contributed by atoms with Crippen molar-refractivity contribution in [1.82, 2.24) is 9.80 Å². The molecule has 0 bridgehead atoms. The van der Waals surface area contributed by atoms with Gasteiger partial charge in [-0.1, -0.05) is 11.6 Å². The van der Waals surface area contributed by atoms with Gasteiger partial charge in [0.05, 0.1) is 0 Å². The first kappa shape index (κ1) is 20.8. The minimum Gasteiger partial charge on any atom is -0.508 e. The van der Waals surface area contributed by atoms with Gasteiger partial charge in [0, 0.05) is 42.8 Å². The van der Waals surface area contributed by atoms with Gasteiger partial charge in [0.1, 0.15) is 17.2 Å². The largest absolute Gasteiger partial charge is 0.508 e. The van der Waals surface area contributed by atoms with E-state index in [1.54, 1.807) is 41.0 Å². The van der Waals surface area contributed by atoms with Crippen molar-refractivity contribution in [1.29, 1.82) is 0 Å². The molecule has 1 saturated heterocycles. The molecule has 3 rings (SSSR count). The molecule has 1 heterocycles. The standard InChI is InChI=1S/C21H23ClN2O5/c1-14(29-19-5-3-16(22)4-6-19)20(27)23-7-2-8-24(10-9-23)21(28)15-11-17(25)13-18(26)12-15/h3-6,11-14,25-26H,2,7-10H2,1H3. The number of aromatic hydroxyl groups is 2. The predicted octanol–water partition coefficient (Wildman–Crippen LogP) is 2.89. The van der Waals surface area contributed by atoms with Crippen molar-refractivity contribution in [3.8, 4) is 17.2 Å². The fourth-order valence-electron chi connectivity index (χ4n) is 3.27. The number of ether oxygens (including phenoxy) is 1. The van der Waals surface area contributed by atoms with E-state index in [1.165, 1.54) is 18.2 Å². The summed E-state index contributed by atoms with van der Waals surface area (Å²) >= 11 is 5.86. The number of phenols is 2. The Labute approximate surface area is 174 Å². The summed E-state index contributed by atoms with van der Waals surface area (Å²) in [6.45, 7) is 3.42. The number of amides is 2. The van der Waals surface area contributed by atoms with Crippen LogP contribution in [0.25, 0.3) is 0 Å². The van der Waals surface area contributed by atoms with Gasteiger partial charge >= 0.3 is 0 Å². The molecule has 0 spiro atoms. The van der Waals surface area contributed by atoms with E-state index in [4.69, 9.17) is 16.3 Å². The molecular formula is C21H23ClN2O5. The number of hydrogen-bond acceptors (Lipinski definition) is 5. The molecule has 154 valence electrons. The Balaban J connectivity index is 1.60. The van der Waals surface area contributed by atoms with Crippen molar-refractivity contribution in [2.45, 2.75) is 19.4 Å². The minimum atomic E-state index is -0.665. The van der Waals surface area contributed by atoms with E-state index in [2.05, 4.69) is 0 Å². The lowest BCUT2D eigenvalue weighted by Crippen LogP contribution is -2.43. The summed E-state index contributed by atoms with van der Waals surface area (Å²) in [4.78, 5) is 28.8. The Morgan fingerprint density at radius 2 is 1.55 bits per heavy atom. The molecule has 29 heavy (non-hydrogen) atoms. The highest BCUT2D eigenvalue weighted by Gasteiger charge is 2.26. The number of halogens is 1. The molecule has 0 aliphatic carbocycles. The van der Waals surface area contributed by atoms with Crippen LogP contribution in [0.3, 0.4) is 0 Å². The number of carbonyl (C=O) groups is 2. The van der Waals surface area contributed by atoms with Crippen LogP contribution in [-0.2, 0) is 4.79 Å². The van der Waals surface area contributed by atoms with Crippen molar-refractivity contribution < 1.29 is 24.5 Å². The van der Waals surface area contributed by atoms with Crippen LogP contribution >= 0.6 is 11.6 Å². The lowest BCUT2D eigenvalue weighted by molar-refractivity contribution is -0.137. The second kappa shape index (κ2) is 9.05. The lowest BCUT2D eigenvalue weighted by atomic mass is 10.1. The van der Waals surface area contributed by atoms with E-state index in [0.717, 1.165) is 0 Å². The van der Waals surface area contributed by atoms with Gasteiger partial charge in [-0.05, 0) is 49.7 Å². The van der Waals surface area contributed by atoms with Crippen molar-refractivity contribution in [2.24, 2.45) is 0 Å². The molecule has 1 aliphatic heterocycles. The molecule has 0 aromatic heterocycles. The maximum atomic E-state index is 12.8. The molecule has 0 saturated carbocycles. The molecule has 1 fully saturated rings. The summed E-state index contributed by atoms with van der Waals surface area (Å²) in [6, 6.07) is 10.6. The monoisotopic (exact) mass is 418 g/mol. The average molecular weight is 419 g/mol. The number of benzene rings is 2. The molecule has 2 amide bonds. The van der Waals surface area contributed by atoms with Crippen LogP contribution < -0.4 is 4.74 Å². The van der Waals surface area contributed by atoms with Crippen LogP contribution in [0.2, 0.25) is 5.02 Å². The van der Waals surface area contributed by atoms with Gasteiger partial charge in [0.15, 0.2) is 6.10 Å². The normalized spacial score (nSPS) is 15.5. The zero-order valence-electron chi connectivity index (χ0n) is 16.0. The Morgan fingerprint density at radius 3 is 2.21 bits per heavy atom. The topological polar surface area (TPSA) is 90.3 Å². The number of rotatable bonds is 4. The van der Waals surface area contributed by atoms with E-state index in [9.17, 15) is 19.8 Å². The van der Waals surface area contributed by atoms with Gasteiger partial charge < -0.3 is 24.7 Å². The minimum absolute atomic E-state index is 0.149. The first-order valence-electron chi connectivity index (χ1n) is 9.37. The molecule has 1 aliphatic rings. The highest BCUT2D eigenvalue weighted by molar-refractivity contribution is 6.30. The maximum absolute atomic E-state index is 12.8. The molecule has 1 atom stereocenters. The Bertz CT molecular complexity index is 867. The number of hydrogen-bond donors (Lipinski definition) is 2. The van der Waals surface area contributed by atoms with E-state index >= 15 is 0 Å². The Kier molecular flexibility index (Phi) is 6.49. The highest BCUT2D eigenvalue weighted by atomic mass is 35.5. The van der Waals surface area contributed by atoms with Gasteiger partial charge in [0.25, 0.3) is 11.8 Å². The van der Waals surface area contributed by atoms with Crippen LogP contribution in [0.1, 0.15) is 23.7 Å². The van der Waals surface area contributed by atoms with Gasteiger partial charge in [-0.15, -0.1) is 0 Å². The molecule has 2 N–H and O–H groups in total. The van der Waals surface area contributed by atoms with E-state index in [-0.39, 0.29) is 28.9 Å². The van der Waals surface area contributed by atoms with Crippen LogP contribution in [0.4, 0.5) is 0 Å². The second-order valence-electron chi connectivity index (χ2n) is 6.92. The third-order valence-corrected chi connectivity index (χ3v) is 4.97. The molecule has 1 unspecified atom stereocenters. The molecular weight excluding hydrogens is 396 g/mol. The van der Waals surface area contributed by atoms with Crippen molar-refractivity contribution in [3.63, 3.8) is 0 Å². The quantitative estimate of drug-likeness (QED) is 0.796. The van der Waals surface area contributed by atoms with Gasteiger partial charge in [-0.25, -0.2) is 0 Å². The zero-order valence-corrected chi connectivity index (χ0v) is 16.8. The first-order valence-corrected chi connectivity index (χ1v) is 9.74. The fourth-order valence-corrected chi connectivity index (χ4v) is 3.39. The molecule has 2 aromatic carbocycles. The van der Waals surface area contributed by atoms with Crippen molar-refractivity contribution >= 4 is 23.4 Å². The first-order chi connectivity index (χ1) is 13.8. The molecule has 7 nitrogen and oxygen atoms in total. The van der Waals surface area contributed by atoms with Gasteiger partial charge in [-0.2, -0.15) is 0 Å². The summed E-state index contributed by atoms with van der Waals surface area (Å²) in [6.07, 6.45) is -0.0444. The molecule has 0 radical (unpaired) electrons. The van der Waals surface area contributed by atoms with E-state index < -0.39 is 6.10 Å². The maximum Gasteiger partial charge on any atom is 0.263 e. The Hall–Kier alpha value is -2.93. The van der Waals surface area contributed by atoms with Gasteiger partial charge in [0.2, 0.25) is 0 Å². The van der Waals surface area contributed by atoms with E-state index in [1.807, 2.05) is 0 Å². The van der Waals surface area contributed by atoms with Crippen molar-refractivity contribution in [2.75, 3.05) is 26.2 Å². The fraction of sp³-hybridized carbons (Fsp3) is 0.333. The van der Waals surface area contributed by atoms with Gasteiger partial charge in [-0.3, -0.25) is 9.59 Å². The highest BCUT2D eigenvalue weighted by Crippen LogP contribution is 2.22. The van der Waals surface area contributed by atoms with Crippen LogP contribution in [0.5, 0.6) is 17.2 Å². The van der Waals surface area contributed by atoms with Crippen LogP contribution in [0, 0.1) is 0 Å².